The Kier molecular flexibility index (Phi) is 6.14. The van der Waals surface area contributed by atoms with Crippen LogP contribution in [0.1, 0.15) is 35.5 Å². The van der Waals surface area contributed by atoms with Crippen LogP contribution >= 0.6 is 0 Å². The van der Waals surface area contributed by atoms with Gasteiger partial charge in [-0.25, -0.2) is 0 Å². The smallest absolute Gasteiger partial charge is 0.246 e. The van der Waals surface area contributed by atoms with E-state index >= 15 is 0 Å². The average molecular weight is 384 g/mol. The highest BCUT2D eigenvalue weighted by Gasteiger charge is 2.28. The zero-order chi connectivity index (χ0) is 20.3. The van der Waals surface area contributed by atoms with E-state index in [2.05, 4.69) is 10.1 Å². The lowest BCUT2D eigenvalue weighted by Crippen LogP contribution is -2.32. The summed E-state index contributed by atoms with van der Waals surface area (Å²) >= 11 is 0. The quantitative estimate of drug-likeness (QED) is 0.818. The van der Waals surface area contributed by atoms with Crippen molar-refractivity contribution in [3.05, 3.63) is 47.1 Å². The third-order valence-electron chi connectivity index (χ3n) is 5.31. The molecule has 2 atom stereocenters. The maximum Gasteiger partial charge on any atom is 0.246 e. The number of aromatic nitrogens is 3. The number of amides is 1. The van der Waals surface area contributed by atoms with Crippen LogP contribution in [0, 0.1) is 20.8 Å². The number of hydrogen-bond donors (Lipinski definition) is 1. The van der Waals surface area contributed by atoms with Gasteiger partial charge in [0.25, 0.3) is 0 Å². The number of aliphatic hydroxyl groups excluding tert-OH is 1. The molecule has 0 radical (unpaired) electrons. The molecule has 0 aliphatic carbocycles. The topological polar surface area (TPSA) is 80.5 Å². The van der Waals surface area contributed by atoms with E-state index in [1.807, 2.05) is 50.7 Å². The summed E-state index contributed by atoms with van der Waals surface area (Å²) in [6, 6.07) is 3.67. The molecule has 1 amide bonds. The number of aliphatic hydroxyl groups is 1. The Bertz CT molecular complexity index is 875. The second kappa shape index (κ2) is 8.56. The fourth-order valence-electron chi connectivity index (χ4n) is 3.47. The molecule has 2 aromatic rings. The number of likely N-dealkylation sites (tertiary alicyclic amines) is 1. The summed E-state index contributed by atoms with van der Waals surface area (Å²) in [6.07, 6.45) is 5.21. The van der Waals surface area contributed by atoms with Crippen LogP contribution in [0.3, 0.4) is 0 Å². The van der Waals surface area contributed by atoms with Gasteiger partial charge in [0.15, 0.2) is 0 Å². The molecule has 3 heterocycles. The molecule has 0 unspecified atom stereocenters. The highest BCUT2D eigenvalue weighted by atomic mass is 16.5. The molecule has 150 valence electrons. The number of rotatable bonds is 4. The maximum absolute atomic E-state index is 12.7. The summed E-state index contributed by atoms with van der Waals surface area (Å²) in [6.45, 7) is 6.83. The van der Waals surface area contributed by atoms with Gasteiger partial charge in [-0.15, -0.1) is 0 Å². The van der Waals surface area contributed by atoms with Crippen molar-refractivity contribution in [2.45, 2.75) is 45.8 Å². The average Bonchev–Trinajstić information content (AvgIpc) is 2.81. The molecule has 7 nitrogen and oxygen atoms in total. The predicted molar refractivity (Wildman–Crippen MR) is 107 cm³/mol. The lowest BCUT2D eigenvalue weighted by Gasteiger charge is -2.22. The lowest BCUT2D eigenvalue weighted by molar-refractivity contribution is -0.126. The van der Waals surface area contributed by atoms with Gasteiger partial charge in [-0.1, -0.05) is 0 Å². The minimum Gasteiger partial charge on any atom is -0.486 e. The third-order valence-corrected chi connectivity index (χ3v) is 5.31. The molecule has 3 rings (SSSR count). The first-order chi connectivity index (χ1) is 13.4. The molecule has 0 saturated carbocycles. The molecule has 1 fully saturated rings. The molecule has 1 saturated heterocycles. The van der Waals surface area contributed by atoms with Gasteiger partial charge in [0.2, 0.25) is 5.91 Å². The minimum atomic E-state index is -0.621. The SMILES string of the molecule is Cc1ncccc1O[C@H]1CCN(C(=O)/C=C/c2c(C)nn(C)c2C)CC[C@@H]1O. The van der Waals surface area contributed by atoms with E-state index in [4.69, 9.17) is 4.74 Å². The fraction of sp³-hybridized carbons (Fsp3) is 0.476. The Morgan fingerprint density at radius 1 is 1.25 bits per heavy atom. The molecule has 1 aliphatic rings. The molecule has 0 spiro atoms. The van der Waals surface area contributed by atoms with Crippen LogP contribution in [-0.4, -0.2) is 56.0 Å². The molecular weight excluding hydrogens is 356 g/mol. The second-order valence-corrected chi connectivity index (χ2v) is 7.25. The van der Waals surface area contributed by atoms with Crippen LogP contribution < -0.4 is 4.74 Å². The van der Waals surface area contributed by atoms with Crippen LogP contribution in [0.5, 0.6) is 5.75 Å². The number of aryl methyl sites for hydroxylation is 3. The summed E-state index contributed by atoms with van der Waals surface area (Å²) in [5.41, 5.74) is 3.68. The van der Waals surface area contributed by atoms with Gasteiger partial charge in [-0.3, -0.25) is 14.5 Å². The number of carbonyl (C=O) groups excluding carboxylic acids is 1. The van der Waals surface area contributed by atoms with Crippen molar-refractivity contribution in [1.82, 2.24) is 19.7 Å². The van der Waals surface area contributed by atoms with Gasteiger partial charge < -0.3 is 14.7 Å². The highest BCUT2D eigenvalue weighted by Crippen LogP contribution is 2.22. The van der Waals surface area contributed by atoms with E-state index in [9.17, 15) is 9.90 Å². The summed E-state index contributed by atoms with van der Waals surface area (Å²) in [7, 11) is 1.89. The molecule has 0 bridgehead atoms. The Morgan fingerprint density at radius 2 is 2.00 bits per heavy atom. The monoisotopic (exact) mass is 384 g/mol. The van der Waals surface area contributed by atoms with E-state index in [0.29, 0.717) is 31.7 Å². The summed E-state index contributed by atoms with van der Waals surface area (Å²) < 4.78 is 7.80. The maximum atomic E-state index is 12.7. The molecule has 7 heteroatoms. The lowest BCUT2D eigenvalue weighted by atomic mass is 10.1. The number of ether oxygens (including phenoxy) is 1. The van der Waals surface area contributed by atoms with Crippen molar-refractivity contribution in [1.29, 1.82) is 0 Å². The standard InChI is InChI=1S/C21H28N4O3/c1-14-17(16(3)24(4)23-14)7-8-21(27)25-12-9-18(26)20(10-13-25)28-19-6-5-11-22-15(19)2/h5-8,11,18,20,26H,9-10,12-13H2,1-4H3/b8-7+/t18-,20-/m0/s1. The van der Waals surface area contributed by atoms with Gasteiger partial charge in [0.1, 0.15) is 11.9 Å². The third kappa shape index (κ3) is 4.42. The minimum absolute atomic E-state index is 0.0620. The van der Waals surface area contributed by atoms with Crippen LogP contribution in [0.4, 0.5) is 0 Å². The first kappa shape index (κ1) is 20.1. The van der Waals surface area contributed by atoms with E-state index in [-0.39, 0.29) is 12.0 Å². The number of nitrogens with zero attached hydrogens (tertiary/aromatic N) is 4. The zero-order valence-corrected chi connectivity index (χ0v) is 16.9. The molecule has 1 N–H and O–H groups in total. The van der Waals surface area contributed by atoms with Crippen molar-refractivity contribution in [3.63, 3.8) is 0 Å². The number of carbonyl (C=O) groups is 1. The molecule has 0 aromatic carbocycles. The first-order valence-electron chi connectivity index (χ1n) is 9.60. The van der Waals surface area contributed by atoms with Crippen LogP contribution in [0.2, 0.25) is 0 Å². The summed E-state index contributed by atoms with van der Waals surface area (Å²) in [4.78, 5) is 18.6. The Hall–Kier alpha value is -2.67. The molecular formula is C21H28N4O3. The van der Waals surface area contributed by atoms with E-state index in [1.165, 1.54) is 0 Å². The van der Waals surface area contributed by atoms with Crippen molar-refractivity contribution in [3.8, 4) is 5.75 Å². The Balaban J connectivity index is 1.64. The second-order valence-electron chi connectivity index (χ2n) is 7.25. The van der Waals surface area contributed by atoms with E-state index in [1.54, 1.807) is 17.2 Å². The predicted octanol–water partition coefficient (Wildman–Crippen LogP) is 2.18. The fourth-order valence-corrected chi connectivity index (χ4v) is 3.47. The van der Waals surface area contributed by atoms with Gasteiger partial charge >= 0.3 is 0 Å². The Morgan fingerprint density at radius 3 is 2.68 bits per heavy atom. The van der Waals surface area contributed by atoms with Gasteiger partial charge in [0.05, 0.1) is 17.5 Å². The molecule has 1 aliphatic heterocycles. The van der Waals surface area contributed by atoms with Crippen LogP contribution in [0.15, 0.2) is 24.4 Å². The highest BCUT2D eigenvalue weighted by molar-refractivity contribution is 5.92. The number of pyridine rings is 1. The van der Waals surface area contributed by atoms with E-state index < -0.39 is 6.10 Å². The van der Waals surface area contributed by atoms with E-state index in [0.717, 1.165) is 22.6 Å². The van der Waals surface area contributed by atoms with Crippen LogP contribution in [0.25, 0.3) is 6.08 Å². The molecule has 28 heavy (non-hydrogen) atoms. The van der Waals surface area contributed by atoms with Gasteiger partial charge in [0, 0.05) is 50.1 Å². The van der Waals surface area contributed by atoms with Gasteiger partial charge in [-0.2, -0.15) is 5.10 Å². The molecule has 2 aromatic heterocycles. The summed E-state index contributed by atoms with van der Waals surface area (Å²) in [5.74, 6) is 0.613. The van der Waals surface area contributed by atoms with Crippen molar-refractivity contribution in [2.24, 2.45) is 7.05 Å². The van der Waals surface area contributed by atoms with Crippen molar-refractivity contribution >= 4 is 12.0 Å². The van der Waals surface area contributed by atoms with Crippen LogP contribution in [-0.2, 0) is 11.8 Å². The zero-order valence-electron chi connectivity index (χ0n) is 16.9. The normalized spacial score (nSPS) is 20.4. The van der Waals surface area contributed by atoms with Gasteiger partial charge in [-0.05, 0) is 45.4 Å². The van der Waals surface area contributed by atoms with Crippen molar-refractivity contribution in [2.75, 3.05) is 13.1 Å². The number of hydrogen-bond acceptors (Lipinski definition) is 5. The largest absolute Gasteiger partial charge is 0.486 e. The van der Waals surface area contributed by atoms with Crippen molar-refractivity contribution < 1.29 is 14.6 Å². The first-order valence-corrected chi connectivity index (χ1v) is 9.60. The summed E-state index contributed by atoms with van der Waals surface area (Å²) in [5, 5.41) is 14.8. The Labute approximate surface area is 165 Å².